The van der Waals surface area contributed by atoms with Crippen molar-refractivity contribution in [1.29, 1.82) is 0 Å². The molecule has 0 atom stereocenters. The third kappa shape index (κ3) is 3.83. The van der Waals surface area contributed by atoms with E-state index < -0.39 is 0 Å². The molecule has 1 N–H and O–H groups in total. The van der Waals surface area contributed by atoms with Gasteiger partial charge in [-0.05, 0) is 13.8 Å². The number of nitrogens with zero attached hydrogens (tertiary/aromatic N) is 2. The summed E-state index contributed by atoms with van der Waals surface area (Å²) in [6.45, 7) is 4.36. The first-order chi connectivity index (χ1) is 11.1. The molecule has 23 heavy (non-hydrogen) atoms. The van der Waals surface area contributed by atoms with Gasteiger partial charge >= 0.3 is 0 Å². The number of aryl methyl sites for hydroxylation is 2. The lowest BCUT2D eigenvalue weighted by molar-refractivity contribution is 0.0957. The van der Waals surface area contributed by atoms with Crippen molar-refractivity contribution in [3.8, 4) is 11.3 Å². The van der Waals surface area contributed by atoms with Gasteiger partial charge < -0.3 is 5.32 Å². The molecule has 0 radical (unpaired) electrons. The molecule has 0 saturated heterocycles. The normalized spacial score (nSPS) is 10.7. The molecule has 2 heterocycles. The van der Waals surface area contributed by atoms with Gasteiger partial charge in [0.05, 0.1) is 21.4 Å². The van der Waals surface area contributed by atoms with Gasteiger partial charge in [-0.2, -0.15) is 0 Å². The van der Waals surface area contributed by atoms with E-state index >= 15 is 0 Å². The Kier molecular flexibility index (Phi) is 4.83. The van der Waals surface area contributed by atoms with Crippen LogP contribution in [0, 0.1) is 13.8 Å². The van der Waals surface area contributed by atoms with Crippen LogP contribution < -0.4 is 5.32 Å². The van der Waals surface area contributed by atoms with E-state index in [1.807, 2.05) is 32.0 Å². The second-order valence-electron chi connectivity index (χ2n) is 5.15. The van der Waals surface area contributed by atoms with Crippen molar-refractivity contribution in [3.05, 3.63) is 56.3 Å². The summed E-state index contributed by atoms with van der Waals surface area (Å²) in [4.78, 5) is 21.8. The van der Waals surface area contributed by atoms with Gasteiger partial charge in [0, 0.05) is 23.9 Å². The molecule has 1 aromatic carbocycles. The van der Waals surface area contributed by atoms with E-state index in [2.05, 4.69) is 32.8 Å². The van der Waals surface area contributed by atoms with Crippen LogP contribution in [0.1, 0.15) is 25.4 Å². The highest BCUT2D eigenvalue weighted by atomic mass is 32.1. The van der Waals surface area contributed by atoms with Gasteiger partial charge in [0.15, 0.2) is 0 Å². The Morgan fingerprint density at radius 2 is 1.96 bits per heavy atom. The van der Waals surface area contributed by atoms with Crippen molar-refractivity contribution in [2.24, 2.45) is 0 Å². The van der Waals surface area contributed by atoms with Crippen LogP contribution in [-0.2, 0) is 6.42 Å². The molecule has 0 aliphatic heterocycles. The largest absolute Gasteiger partial charge is 0.351 e. The van der Waals surface area contributed by atoms with Crippen LogP contribution in [0.2, 0.25) is 0 Å². The van der Waals surface area contributed by atoms with Gasteiger partial charge in [-0.15, -0.1) is 22.7 Å². The average molecular weight is 343 g/mol. The van der Waals surface area contributed by atoms with Crippen LogP contribution in [0.15, 0.2) is 35.7 Å². The summed E-state index contributed by atoms with van der Waals surface area (Å²) in [5, 5.41) is 6.95. The Morgan fingerprint density at radius 1 is 1.17 bits per heavy atom. The molecule has 0 unspecified atom stereocenters. The lowest BCUT2D eigenvalue weighted by atomic mass is 10.2. The zero-order chi connectivity index (χ0) is 16.2. The monoisotopic (exact) mass is 343 g/mol. The van der Waals surface area contributed by atoms with Crippen LogP contribution in [0.5, 0.6) is 0 Å². The predicted molar refractivity (Wildman–Crippen MR) is 95.2 cm³/mol. The van der Waals surface area contributed by atoms with Crippen LogP contribution in [0.4, 0.5) is 0 Å². The molecule has 1 amide bonds. The summed E-state index contributed by atoms with van der Waals surface area (Å²) in [6.07, 6.45) is 0.736. The summed E-state index contributed by atoms with van der Waals surface area (Å²) in [6, 6.07) is 10.1. The van der Waals surface area contributed by atoms with Gasteiger partial charge in [-0.1, -0.05) is 30.3 Å². The van der Waals surface area contributed by atoms with Crippen LogP contribution >= 0.6 is 22.7 Å². The van der Waals surface area contributed by atoms with E-state index in [9.17, 15) is 4.79 Å². The van der Waals surface area contributed by atoms with E-state index in [1.54, 1.807) is 11.3 Å². The van der Waals surface area contributed by atoms with Crippen LogP contribution in [0.3, 0.4) is 0 Å². The summed E-state index contributed by atoms with van der Waals surface area (Å²) < 4.78 is 0. The second kappa shape index (κ2) is 7.02. The maximum atomic E-state index is 12.1. The van der Waals surface area contributed by atoms with Gasteiger partial charge in [0.25, 0.3) is 5.91 Å². The quantitative estimate of drug-likeness (QED) is 0.765. The van der Waals surface area contributed by atoms with Gasteiger partial charge in [0.1, 0.15) is 4.88 Å². The van der Waals surface area contributed by atoms with Crippen molar-refractivity contribution in [1.82, 2.24) is 15.3 Å². The molecular weight excluding hydrogens is 326 g/mol. The molecule has 6 heteroatoms. The maximum Gasteiger partial charge on any atom is 0.263 e. The van der Waals surface area contributed by atoms with E-state index in [0.717, 1.165) is 33.4 Å². The highest BCUT2D eigenvalue weighted by Gasteiger charge is 2.13. The molecule has 2 aromatic heterocycles. The third-order valence-electron chi connectivity index (χ3n) is 3.36. The summed E-state index contributed by atoms with van der Waals surface area (Å²) in [5.74, 6) is -0.0482. The number of hydrogen-bond donors (Lipinski definition) is 1. The standard InChI is InChI=1S/C17H17N3OS2/c1-11-16(23-12(2)19-11)17(21)18-9-8-15-20-14(10-22-15)13-6-4-3-5-7-13/h3-7,10H,8-9H2,1-2H3,(H,18,21). The first-order valence-electron chi connectivity index (χ1n) is 7.35. The fourth-order valence-corrected chi connectivity index (χ4v) is 3.92. The second-order valence-corrected chi connectivity index (χ2v) is 7.29. The van der Waals surface area contributed by atoms with Crippen molar-refractivity contribution in [2.45, 2.75) is 20.3 Å². The predicted octanol–water partition coefficient (Wildman–Crippen LogP) is 3.86. The van der Waals surface area contributed by atoms with Gasteiger partial charge in [-0.25, -0.2) is 9.97 Å². The molecule has 3 aromatic rings. The minimum atomic E-state index is -0.0482. The number of thiazole rings is 2. The topological polar surface area (TPSA) is 54.9 Å². The fraction of sp³-hybridized carbons (Fsp3) is 0.235. The zero-order valence-corrected chi connectivity index (χ0v) is 14.6. The molecule has 0 saturated carbocycles. The molecule has 4 nitrogen and oxygen atoms in total. The first kappa shape index (κ1) is 15.8. The van der Waals surface area contributed by atoms with E-state index in [0.29, 0.717) is 11.4 Å². The van der Waals surface area contributed by atoms with Gasteiger partial charge in [-0.3, -0.25) is 4.79 Å². The summed E-state index contributed by atoms with van der Waals surface area (Å²) in [7, 11) is 0. The number of amides is 1. The summed E-state index contributed by atoms with van der Waals surface area (Å²) >= 11 is 3.06. The van der Waals surface area contributed by atoms with E-state index in [4.69, 9.17) is 0 Å². The molecule has 0 spiro atoms. The van der Waals surface area contributed by atoms with Crippen LogP contribution in [0.25, 0.3) is 11.3 Å². The molecule has 118 valence electrons. The zero-order valence-electron chi connectivity index (χ0n) is 13.0. The Labute approximate surface area is 143 Å². The summed E-state index contributed by atoms with van der Waals surface area (Å²) in [5.41, 5.74) is 2.91. The van der Waals surface area contributed by atoms with E-state index in [-0.39, 0.29) is 5.91 Å². The lowest BCUT2D eigenvalue weighted by Gasteiger charge is -2.02. The molecular formula is C17H17N3OS2. The third-order valence-corrected chi connectivity index (χ3v) is 5.34. The highest BCUT2D eigenvalue weighted by Crippen LogP contribution is 2.21. The van der Waals surface area contributed by atoms with Crippen LogP contribution in [-0.4, -0.2) is 22.4 Å². The average Bonchev–Trinajstić information content (AvgIpc) is 3.14. The highest BCUT2D eigenvalue weighted by molar-refractivity contribution is 7.13. The van der Waals surface area contributed by atoms with Crippen molar-refractivity contribution < 1.29 is 4.79 Å². The number of rotatable bonds is 5. The number of nitrogens with one attached hydrogen (secondary N) is 1. The van der Waals surface area contributed by atoms with Gasteiger partial charge in [0.2, 0.25) is 0 Å². The molecule has 0 fully saturated rings. The SMILES string of the molecule is Cc1nc(C)c(C(=O)NCCc2nc(-c3ccccc3)cs2)s1. The smallest absolute Gasteiger partial charge is 0.263 e. The molecule has 0 bridgehead atoms. The Bertz CT molecular complexity index is 808. The molecule has 0 aliphatic carbocycles. The Morgan fingerprint density at radius 3 is 2.65 bits per heavy atom. The number of hydrogen-bond acceptors (Lipinski definition) is 5. The van der Waals surface area contributed by atoms with Crippen molar-refractivity contribution in [2.75, 3.05) is 6.54 Å². The lowest BCUT2D eigenvalue weighted by Crippen LogP contribution is -2.25. The van der Waals surface area contributed by atoms with Crippen molar-refractivity contribution in [3.63, 3.8) is 0 Å². The minimum absolute atomic E-state index is 0.0482. The van der Waals surface area contributed by atoms with E-state index in [1.165, 1.54) is 11.3 Å². The Balaban J connectivity index is 1.56. The first-order valence-corrected chi connectivity index (χ1v) is 9.05. The number of carbonyl (C=O) groups excluding carboxylic acids is 1. The minimum Gasteiger partial charge on any atom is -0.351 e. The number of aromatic nitrogens is 2. The Hall–Kier alpha value is -2.05. The molecule has 0 aliphatic rings. The number of carbonyl (C=O) groups is 1. The molecule has 3 rings (SSSR count). The number of benzene rings is 1. The van der Waals surface area contributed by atoms with Crippen molar-refractivity contribution >= 4 is 28.6 Å². The maximum absolute atomic E-state index is 12.1. The fourth-order valence-electron chi connectivity index (χ4n) is 2.27.